The summed E-state index contributed by atoms with van der Waals surface area (Å²) in [6.07, 6.45) is 2.56. The number of aromatic nitrogens is 1. The van der Waals surface area contributed by atoms with Crippen LogP contribution in [0.1, 0.15) is 5.56 Å². The van der Waals surface area contributed by atoms with Crippen LogP contribution in [0.2, 0.25) is 0 Å². The molecule has 0 fully saturated rings. The summed E-state index contributed by atoms with van der Waals surface area (Å²) in [4.78, 5) is 13.9. The third-order valence-corrected chi connectivity index (χ3v) is 4.57. The van der Waals surface area contributed by atoms with Crippen LogP contribution in [0.3, 0.4) is 0 Å². The van der Waals surface area contributed by atoms with Crippen LogP contribution in [0.5, 0.6) is 0 Å². The van der Waals surface area contributed by atoms with E-state index in [1.54, 1.807) is 19.1 Å². The van der Waals surface area contributed by atoms with Crippen molar-refractivity contribution in [3.8, 4) is 0 Å². The summed E-state index contributed by atoms with van der Waals surface area (Å²) in [6, 6.07) is 6.50. The standard InChI is InChI=1S/C12H11IN2O3S/c1-8-6-9(13)2-3-10(8)15-19(17,18)12-7-14-5-4-11(12)16/h2-7,15H,1H3,(H,14,16). The molecule has 2 rings (SSSR count). The topological polar surface area (TPSA) is 79.0 Å². The van der Waals surface area contributed by atoms with Gasteiger partial charge in [-0.1, -0.05) is 0 Å². The summed E-state index contributed by atoms with van der Waals surface area (Å²) in [6.45, 7) is 1.80. The normalized spacial score (nSPS) is 11.3. The second kappa shape index (κ2) is 5.33. The Kier molecular flexibility index (Phi) is 3.95. The van der Waals surface area contributed by atoms with Gasteiger partial charge in [-0.25, -0.2) is 8.42 Å². The van der Waals surface area contributed by atoms with E-state index in [-0.39, 0.29) is 4.90 Å². The molecule has 2 N–H and O–H groups in total. The first-order chi connectivity index (χ1) is 8.90. The number of rotatable bonds is 3. The van der Waals surface area contributed by atoms with Gasteiger partial charge in [0.2, 0.25) is 5.43 Å². The lowest BCUT2D eigenvalue weighted by atomic mass is 10.2. The number of hydrogen-bond acceptors (Lipinski definition) is 3. The Morgan fingerprint density at radius 2 is 2.00 bits per heavy atom. The molecule has 0 saturated carbocycles. The molecule has 1 aromatic carbocycles. The van der Waals surface area contributed by atoms with Crippen LogP contribution in [-0.4, -0.2) is 13.4 Å². The first kappa shape index (κ1) is 14.1. The first-order valence-corrected chi connectivity index (χ1v) is 7.92. The Bertz CT molecular complexity index is 769. The van der Waals surface area contributed by atoms with Crippen molar-refractivity contribution < 1.29 is 8.42 Å². The molecular formula is C12H11IN2O3S. The molecule has 0 atom stereocenters. The van der Waals surface area contributed by atoms with Crippen molar-refractivity contribution >= 4 is 38.3 Å². The van der Waals surface area contributed by atoms with Gasteiger partial charge in [-0.2, -0.15) is 0 Å². The summed E-state index contributed by atoms with van der Waals surface area (Å²) in [5.41, 5.74) is 0.709. The third-order valence-electron chi connectivity index (χ3n) is 2.51. The van der Waals surface area contributed by atoms with Crippen LogP contribution in [0.25, 0.3) is 0 Å². The van der Waals surface area contributed by atoms with Gasteiger partial charge >= 0.3 is 0 Å². The van der Waals surface area contributed by atoms with Crippen LogP contribution in [0, 0.1) is 10.5 Å². The van der Waals surface area contributed by atoms with E-state index < -0.39 is 15.5 Å². The van der Waals surface area contributed by atoms with E-state index in [9.17, 15) is 13.2 Å². The zero-order valence-electron chi connectivity index (χ0n) is 9.98. The predicted octanol–water partition coefficient (Wildman–Crippen LogP) is 2.09. The summed E-state index contributed by atoms with van der Waals surface area (Å²) in [5, 5.41) is 0. The maximum Gasteiger partial charge on any atom is 0.267 e. The number of pyridine rings is 1. The van der Waals surface area contributed by atoms with E-state index in [2.05, 4.69) is 32.3 Å². The number of hydrogen-bond donors (Lipinski definition) is 2. The fourth-order valence-corrected chi connectivity index (χ4v) is 3.38. The number of halogens is 1. The average molecular weight is 390 g/mol. The Morgan fingerprint density at radius 3 is 2.63 bits per heavy atom. The molecule has 0 saturated heterocycles. The predicted molar refractivity (Wildman–Crippen MR) is 81.8 cm³/mol. The molecule has 100 valence electrons. The van der Waals surface area contributed by atoms with Gasteiger partial charge in [-0.15, -0.1) is 0 Å². The van der Waals surface area contributed by atoms with Gasteiger partial charge in [0, 0.05) is 22.0 Å². The largest absolute Gasteiger partial charge is 0.366 e. The molecule has 0 spiro atoms. The fourth-order valence-electron chi connectivity index (χ4n) is 1.55. The van der Waals surface area contributed by atoms with Crippen molar-refractivity contribution in [2.75, 3.05) is 4.72 Å². The van der Waals surface area contributed by atoms with Gasteiger partial charge in [-0.3, -0.25) is 9.52 Å². The monoisotopic (exact) mass is 390 g/mol. The highest BCUT2D eigenvalue weighted by Gasteiger charge is 2.18. The number of H-pyrrole nitrogens is 1. The van der Waals surface area contributed by atoms with E-state index in [1.807, 2.05) is 6.07 Å². The molecule has 7 heteroatoms. The molecular weight excluding hydrogens is 379 g/mol. The lowest BCUT2D eigenvalue weighted by Gasteiger charge is -2.10. The van der Waals surface area contributed by atoms with Crippen molar-refractivity contribution in [1.29, 1.82) is 0 Å². The molecule has 1 heterocycles. The van der Waals surface area contributed by atoms with Crippen molar-refractivity contribution in [2.45, 2.75) is 11.8 Å². The highest BCUT2D eigenvalue weighted by Crippen LogP contribution is 2.20. The second-order valence-corrected chi connectivity index (χ2v) is 6.83. The summed E-state index contributed by atoms with van der Waals surface area (Å²) in [7, 11) is -3.88. The van der Waals surface area contributed by atoms with Gasteiger partial charge < -0.3 is 4.98 Å². The minimum atomic E-state index is -3.88. The van der Waals surface area contributed by atoms with Crippen molar-refractivity contribution in [1.82, 2.24) is 4.98 Å². The van der Waals surface area contributed by atoms with E-state index in [1.165, 1.54) is 18.5 Å². The fraction of sp³-hybridized carbons (Fsp3) is 0.0833. The molecule has 0 radical (unpaired) electrons. The lowest BCUT2D eigenvalue weighted by molar-refractivity contribution is 0.600. The number of aryl methyl sites for hydroxylation is 1. The minimum absolute atomic E-state index is 0.298. The molecule has 0 unspecified atom stereocenters. The Morgan fingerprint density at radius 1 is 1.26 bits per heavy atom. The van der Waals surface area contributed by atoms with Crippen LogP contribution < -0.4 is 10.2 Å². The smallest absolute Gasteiger partial charge is 0.267 e. The first-order valence-electron chi connectivity index (χ1n) is 5.36. The highest BCUT2D eigenvalue weighted by atomic mass is 127. The summed E-state index contributed by atoms with van der Waals surface area (Å²) in [5.74, 6) is 0. The van der Waals surface area contributed by atoms with E-state index in [4.69, 9.17) is 0 Å². The SMILES string of the molecule is Cc1cc(I)ccc1NS(=O)(=O)c1c[nH]ccc1=O. The lowest BCUT2D eigenvalue weighted by Crippen LogP contribution is -2.21. The van der Waals surface area contributed by atoms with Gasteiger partial charge in [0.15, 0.2) is 4.90 Å². The maximum atomic E-state index is 12.1. The third kappa shape index (κ3) is 3.16. The molecule has 1 aromatic heterocycles. The van der Waals surface area contributed by atoms with Gasteiger partial charge in [0.25, 0.3) is 10.0 Å². The van der Waals surface area contributed by atoms with Gasteiger partial charge in [0.05, 0.1) is 5.69 Å². The highest BCUT2D eigenvalue weighted by molar-refractivity contribution is 14.1. The molecule has 0 aliphatic carbocycles. The molecule has 2 aromatic rings. The molecule has 5 nitrogen and oxygen atoms in total. The quantitative estimate of drug-likeness (QED) is 0.788. The Balaban J connectivity index is 2.43. The number of benzene rings is 1. The zero-order valence-corrected chi connectivity index (χ0v) is 12.9. The van der Waals surface area contributed by atoms with E-state index in [0.717, 1.165) is 9.13 Å². The molecule has 19 heavy (non-hydrogen) atoms. The molecule has 0 aliphatic rings. The van der Waals surface area contributed by atoms with E-state index in [0.29, 0.717) is 5.69 Å². The summed E-state index contributed by atoms with van der Waals surface area (Å²) < 4.78 is 27.7. The van der Waals surface area contributed by atoms with Crippen molar-refractivity contribution in [3.05, 3.63) is 56.0 Å². The van der Waals surface area contributed by atoms with Crippen LogP contribution >= 0.6 is 22.6 Å². The van der Waals surface area contributed by atoms with Crippen LogP contribution in [0.15, 0.2) is 46.3 Å². The summed E-state index contributed by atoms with van der Waals surface area (Å²) >= 11 is 2.14. The van der Waals surface area contributed by atoms with Crippen molar-refractivity contribution in [2.24, 2.45) is 0 Å². The van der Waals surface area contributed by atoms with Crippen LogP contribution in [0.4, 0.5) is 5.69 Å². The number of nitrogens with one attached hydrogen (secondary N) is 2. The number of aromatic amines is 1. The average Bonchev–Trinajstić information content (AvgIpc) is 2.33. The Hall–Kier alpha value is -1.35. The number of sulfonamides is 1. The molecule has 0 aliphatic heterocycles. The molecule has 0 amide bonds. The van der Waals surface area contributed by atoms with Gasteiger partial charge in [0.1, 0.15) is 0 Å². The number of anilines is 1. The Labute approximate surface area is 124 Å². The van der Waals surface area contributed by atoms with E-state index >= 15 is 0 Å². The zero-order chi connectivity index (χ0) is 14.0. The minimum Gasteiger partial charge on any atom is -0.366 e. The molecule has 0 bridgehead atoms. The van der Waals surface area contributed by atoms with Gasteiger partial charge in [-0.05, 0) is 53.3 Å². The van der Waals surface area contributed by atoms with Crippen LogP contribution in [-0.2, 0) is 10.0 Å². The maximum absolute atomic E-state index is 12.1. The second-order valence-electron chi connectivity index (χ2n) is 3.94. The van der Waals surface area contributed by atoms with Crippen molar-refractivity contribution in [3.63, 3.8) is 0 Å².